The van der Waals surface area contributed by atoms with Crippen LogP contribution in [0.5, 0.6) is 0 Å². The maximum Gasteiger partial charge on any atom is 0.264 e. The largest absolute Gasteiger partial charge is 0.325 e. The van der Waals surface area contributed by atoms with Crippen LogP contribution in [0.25, 0.3) is 11.1 Å². The highest BCUT2D eigenvalue weighted by Gasteiger charge is 2.24. The zero-order chi connectivity index (χ0) is 26.0. The van der Waals surface area contributed by atoms with Gasteiger partial charge in [0.15, 0.2) is 5.15 Å². The molecule has 0 atom stereocenters. The fourth-order valence-electron chi connectivity index (χ4n) is 3.59. The van der Waals surface area contributed by atoms with E-state index in [0.717, 1.165) is 23.3 Å². The van der Waals surface area contributed by atoms with E-state index in [4.69, 9.17) is 11.6 Å². The van der Waals surface area contributed by atoms with E-state index in [1.54, 1.807) is 38.4 Å². The van der Waals surface area contributed by atoms with Gasteiger partial charge in [-0.3, -0.25) is 4.72 Å². The van der Waals surface area contributed by atoms with E-state index in [-0.39, 0.29) is 10.8 Å². The van der Waals surface area contributed by atoms with Crippen molar-refractivity contribution >= 4 is 38.9 Å². The number of rotatable bonds is 7. The summed E-state index contributed by atoms with van der Waals surface area (Å²) in [6.45, 7) is 5.40. The first kappa shape index (κ1) is 25.4. The van der Waals surface area contributed by atoms with E-state index < -0.39 is 26.6 Å². The number of nitrogens with one attached hydrogen (secondary N) is 2. The second-order valence-electron chi connectivity index (χ2n) is 7.84. The molecule has 3 heterocycles. The molecule has 0 amide bonds. The van der Waals surface area contributed by atoms with Crippen LogP contribution in [0.15, 0.2) is 53.8 Å². The number of benzene rings is 1. The zero-order valence-electron chi connectivity index (χ0n) is 19.5. The number of aromatic nitrogens is 4. The van der Waals surface area contributed by atoms with Gasteiger partial charge in [0.2, 0.25) is 0 Å². The molecule has 4 aromatic rings. The molecule has 0 spiro atoms. The summed E-state index contributed by atoms with van der Waals surface area (Å²) in [4.78, 5) is 16.3. The lowest BCUT2D eigenvalue weighted by molar-refractivity contribution is 0.551. The van der Waals surface area contributed by atoms with Gasteiger partial charge < -0.3 is 5.32 Å². The molecule has 2 N–H and O–H groups in total. The molecule has 0 aliphatic rings. The third-order valence-electron chi connectivity index (χ3n) is 5.40. The third-order valence-corrected chi connectivity index (χ3v) is 7.07. The minimum atomic E-state index is -4.43. The first-order valence-electron chi connectivity index (χ1n) is 10.8. The standard InChI is InChI=1S/C24H21ClF2N6O2S/c1-4-15-11-29-22(32-21-7-8-28-14(3)31-21)10-17(15)18-12-30-24(25)23(13(18)2)33-36(34,35)20-6-5-16(26)9-19(20)27/h5-12,33H,4H2,1-3H3,(H,28,29,31,32). The van der Waals surface area contributed by atoms with Gasteiger partial charge in [0.05, 0.1) is 5.69 Å². The number of hydrogen-bond acceptors (Lipinski definition) is 7. The summed E-state index contributed by atoms with van der Waals surface area (Å²) in [5.74, 6) is -0.456. The normalized spacial score (nSPS) is 11.4. The van der Waals surface area contributed by atoms with Crippen molar-refractivity contribution in [3.05, 3.63) is 82.7 Å². The Morgan fingerprint density at radius 3 is 2.44 bits per heavy atom. The van der Waals surface area contributed by atoms with Gasteiger partial charge in [0.25, 0.3) is 10.0 Å². The number of anilines is 3. The van der Waals surface area contributed by atoms with Gasteiger partial charge in [-0.05, 0) is 61.2 Å². The second kappa shape index (κ2) is 10.1. The van der Waals surface area contributed by atoms with E-state index in [2.05, 4.69) is 30.0 Å². The van der Waals surface area contributed by atoms with Gasteiger partial charge in [-0.15, -0.1) is 0 Å². The lowest BCUT2D eigenvalue weighted by atomic mass is 9.97. The topological polar surface area (TPSA) is 110 Å². The predicted molar refractivity (Wildman–Crippen MR) is 134 cm³/mol. The van der Waals surface area contributed by atoms with Crippen molar-refractivity contribution in [3.8, 4) is 11.1 Å². The highest BCUT2D eigenvalue weighted by atomic mass is 35.5. The Hall–Kier alpha value is -3.70. The Kier molecular flexibility index (Phi) is 7.14. The van der Waals surface area contributed by atoms with Crippen LogP contribution < -0.4 is 10.0 Å². The minimum absolute atomic E-state index is 0.0160. The van der Waals surface area contributed by atoms with E-state index in [0.29, 0.717) is 41.1 Å². The number of hydrogen-bond donors (Lipinski definition) is 2. The summed E-state index contributed by atoms with van der Waals surface area (Å²) in [5, 5.41) is 3.01. The summed E-state index contributed by atoms with van der Waals surface area (Å²) in [6.07, 6.45) is 5.50. The fraction of sp³-hybridized carbons (Fsp3) is 0.167. The van der Waals surface area contributed by atoms with E-state index in [1.165, 1.54) is 6.20 Å². The summed E-state index contributed by atoms with van der Waals surface area (Å²) < 4.78 is 55.6. The van der Waals surface area contributed by atoms with Gasteiger partial charge in [-0.1, -0.05) is 18.5 Å². The first-order valence-corrected chi connectivity index (χ1v) is 12.6. The van der Waals surface area contributed by atoms with Crippen molar-refractivity contribution in [3.63, 3.8) is 0 Å². The molecule has 0 aliphatic carbocycles. The van der Waals surface area contributed by atoms with Crippen LogP contribution in [-0.2, 0) is 16.4 Å². The summed E-state index contributed by atoms with van der Waals surface area (Å²) in [5.41, 5.74) is 2.67. The smallest absolute Gasteiger partial charge is 0.264 e. The van der Waals surface area contributed by atoms with E-state index >= 15 is 0 Å². The van der Waals surface area contributed by atoms with Gasteiger partial charge in [0.1, 0.15) is 34.0 Å². The lowest BCUT2D eigenvalue weighted by Crippen LogP contribution is -2.16. The predicted octanol–water partition coefficient (Wildman–Crippen LogP) is 5.59. The van der Waals surface area contributed by atoms with Gasteiger partial charge in [-0.2, -0.15) is 0 Å². The van der Waals surface area contributed by atoms with Gasteiger partial charge in [0, 0.05) is 30.2 Å². The molecule has 0 radical (unpaired) electrons. The summed E-state index contributed by atoms with van der Waals surface area (Å²) in [6, 6.07) is 5.71. The van der Waals surface area contributed by atoms with Crippen molar-refractivity contribution < 1.29 is 17.2 Å². The maximum absolute atomic E-state index is 14.2. The van der Waals surface area contributed by atoms with Gasteiger partial charge in [-0.25, -0.2) is 37.1 Å². The molecule has 0 saturated heterocycles. The van der Waals surface area contributed by atoms with Crippen LogP contribution in [0.1, 0.15) is 23.9 Å². The van der Waals surface area contributed by atoms with E-state index in [1.807, 2.05) is 6.92 Å². The molecular weight excluding hydrogens is 510 g/mol. The van der Waals surface area contributed by atoms with Crippen molar-refractivity contribution in [2.75, 3.05) is 10.0 Å². The number of nitrogens with zero attached hydrogens (tertiary/aromatic N) is 4. The molecule has 0 bridgehead atoms. The Bertz CT molecular complexity index is 1570. The molecule has 186 valence electrons. The van der Waals surface area contributed by atoms with Crippen LogP contribution >= 0.6 is 11.6 Å². The number of sulfonamides is 1. The highest BCUT2D eigenvalue weighted by Crippen LogP contribution is 2.36. The monoisotopic (exact) mass is 530 g/mol. The Morgan fingerprint density at radius 2 is 1.75 bits per heavy atom. The van der Waals surface area contributed by atoms with Crippen LogP contribution in [0.4, 0.5) is 26.1 Å². The molecule has 3 aromatic heterocycles. The van der Waals surface area contributed by atoms with E-state index in [9.17, 15) is 17.2 Å². The molecular formula is C24H21ClF2N6O2S. The number of aryl methyl sites for hydroxylation is 2. The van der Waals surface area contributed by atoms with Crippen molar-refractivity contribution in [2.24, 2.45) is 0 Å². The molecule has 0 unspecified atom stereocenters. The quantitative estimate of drug-likeness (QED) is 0.300. The lowest BCUT2D eigenvalue weighted by Gasteiger charge is -2.17. The number of pyridine rings is 2. The Morgan fingerprint density at radius 1 is 0.972 bits per heavy atom. The SMILES string of the molecule is CCc1cnc(Nc2ccnc(C)n2)cc1-c1cnc(Cl)c(NS(=O)(=O)c2ccc(F)cc2F)c1C. The molecule has 0 saturated carbocycles. The fourth-order valence-corrected chi connectivity index (χ4v) is 5.07. The van der Waals surface area contributed by atoms with Crippen molar-refractivity contribution in [2.45, 2.75) is 32.1 Å². The Labute approximate surface area is 211 Å². The minimum Gasteiger partial charge on any atom is -0.325 e. The van der Waals surface area contributed by atoms with Crippen LogP contribution in [0.2, 0.25) is 5.15 Å². The highest BCUT2D eigenvalue weighted by molar-refractivity contribution is 7.92. The number of halogens is 3. The molecule has 12 heteroatoms. The van der Waals surface area contributed by atoms with Crippen molar-refractivity contribution in [1.82, 2.24) is 19.9 Å². The molecule has 0 fully saturated rings. The summed E-state index contributed by atoms with van der Waals surface area (Å²) in [7, 11) is -4.43. The summed E-state index contributed by atoms with van der Waals surface area (Å²) >= 11 is 6.24. The van der Waals surface area contributed by atoms with Gasteiger partial charge >= 0.3 is 0 Å². The Balaban J connectivity index is 1.76. The first-order chi connectivity index (χ1) is 17.1. The molecule has 8 nitrogen and oxygen atoms in total. The average molecular weight is 531 g/mol. The van der Waals surface area contributed by atoms with Crippen LogP contribution in [0.3, 0.4) is 0 Å². The third kappa shape index (κ3) is 5.26. The molecule has 1 aromatic carbocycles. The molecule has 0 aliphatic heterocycles. The second-order valence-corrected chi connectivity index (χ2v) is 9.85. The average Bonchev–Trinajstić information content (AvgIpc) is 2.81. The van der Waals surface area contributed by atoms with Crippen LogP contribution in [0, 0.1) is 25.5 Å². The van der Waals surface area contributed by atoms with Crippen LogP contribution in [-0.4, -0.2) is 28.4 Å². The van der Waals surface area contributed by atoms with Crippen molar-refractivity contribution in [1.29, 1.82) is 0 Å². The molecule has 4 rings (SSSR count). The molecule has 36 heavy (non-hydrogen) atoms. The zero-order valence-corrected chi connectivity index (χ0v) is 21.0. The maximum atomic E-state index is 14.2.